The zero-order valence-corrected chi connectivity index (χ0v) is 18.4. The predicted octanol–water partition coefficient (Wildman–Crippen LogP) is 8.62. The molecule has 0 atom stereocenters. The van der Waals surface area contributed by atoms with Crippen molar-refractivity contribution >= 4 is 75.6 Å². The van der Waals surface area contributed by atoms with Gasteiger partial charge >= 0.3 is 0 Å². The number of benzene rings is 5. The third-order valence-electron chi connectivity index (χ3n) is 6.21. The maximum absolute atomic E-state index is 6.53. The summed E-state index contributed by atoms with van der Waals surface area (Å²) in [4.78, 5) is 9.49. The molecule has 5 aromatic carbocycles. The van der Waals surface area contributed by atoms with Crippen LogP contribution in [0.1, 0.15) is 0 Å². The lowest BCUT2D eigenvalue weighted by Gasteiger charge is -2.08. The fourth-order valence-electron chi connectivity index (χ4n) is 4.86. The van der Waals surface area contributed by atoms with Crippen LogP contribution in [0, 0.1) is 0 Å². The minimum absolute atomic E-state index is 0.275. The molecule has 0 radical (unpaired) electrons. The summed E-state index contributed by atoms with van der Waals surface area (Å²) in [6, 6.07) is 31.9. The molecule has 0 saturated heterocycles. The first-order chi connectivity index (χ1) is 15.8. The first-order valence-electron chi connectivity index (χ1n) is 10.5. The zero-order valence-electron chi connectivity index (χ0n) is 16.8. The summed E-state index contributed by atoms with van der Waals surface area (Å²) in [5.74, 6) is 0. The van der Waals surface area contributed by atoms with Crippen LogP contribution in [-0.4, -0.2) is 9.97 Å². The van der Waals surface area contributed by atoms with E-state index in [1.165, 1.54) is 37.0 Å². The highest BCUT2D eigenvalue weighted by Crippen LogP contribution is 2.46. The topological polar surface area (TPSA) is 25.8 Å². The Balaban J connectivity index is 1.73. The van der Waals surface area contributed by atoms with E-state index < -0.39 is 0 Å². The number of thiophene rings is 1. The van der Waals surface area contributed by atoms with E-state index in [-0.39, 0.29) is 5.28 Å². The minimum atomic E-state index is 0.275. The Morgan fingerprint density at radius 3 is 2.00 bits per heavy atom. The molecular formula is C28H15ClN2S. The van der Waals surface area contributed by atoms with Crippen molar-refractivity contribution in [3.05, 3.63) is 96.3 Å². The summed E-state index contributed by atoms with van der Waals surface area (Å²) in [6.07, 6.45) is 0. The van der Waals surface area contributed by atoms with Crippen molar-refractivity contribution in [3.63, 3.8) is 0 Å². The standard InChI is InChI=1S/C28H15ClN2S/c29-28-30-24(21-15-7-9-16-8-1-2-10-17(16)21)27-25(31-28)23-20-13-5-3-11-18(20)19-12-4-6-14-22(19)26(23)32-27/h1-15H. The molecule has 0 saturated carbocycles. The second kappa shape index (κ2) is 6.73. The number of fused-ring (bicyclic) bond motifs is 9. The second-order valence-corrected chi connectivity index (χ2v) is 9.30. The Hall–Kier alpha value is -3.53. The summed E-state index contributed by atoms with van der Waals surface area (Å²) < 4.78 is 2.30. The molecule has 4 heteroatoms. The number of hydrogen-bond acceptors (Lipinski definition) is 3. The highest BCUT2D eigenvalue weighted by Gasteiger charge is 2.20. The van der Waals surface area contributed by atoms with Crippen molar-refractivity contribution in [2.45, 2.75) is 0 Å². The van der Waals surface area contributed by atoms with E-state index in [1.54, 1.807) is 11.3 Å². The summed E-state index contributed by atoms with van der Waals surface area (Å²) in [7, 11) is 0. The number of rotatable bonds is 1. The normalized spacial score (nSPS) is 11.9. The highest BCUT2D eigenvalue weighted by molar-refractivity contribution is 7.27. The van der Waals surface area contributed by atoms with Crippen LogP contribution in [0.4, 0.5) is 0 Å². The Morgan fingerprint density at radius 2 is 1.19 bits per heavy atom. The molecule has 2 aromatic heterocycles. The van der Waals surface area contributed by atoms with Crippen molar-refractivity contribution in [1.29, 1.82) is 0 Å². The van der Waals surface area contributed by atoms with Gasteiger partial charge in [-0.3, -0.25) is 0 Å². The van der Waals surface area contributed by atoms with E-state index in [0.29, 0.717) is 0 Å². The lowest BCUT2D eigenvalue weighted by molar-refractivity contribution is 1.24. The average molecular weight is 447 g/mol. The number of nitrogens with zero attached hydrogens (tertiary/aromatic N) is 2. The van der Waals surface area contributed by atoms with Crippen LogP contribution in [0.2, 0.25) is 5.28 Å². The largest absolute Gasteiger partial charge is 0.223 e. The van der Waals surface area contributed by atoms with Gasteiger partial charge in [0, 0.05) is 21.0 Å². The van der Waals surface area contributed by atoms with Crippen molar-refractivity contribution in [2.24, 2.45) is 0 Å². The average Bonchev–Trinajstić information content (AvgIpc) is 3.23. The molecule has 150 valence electrons. The molecule has 0 aliphatic carbocycles. The first-order valence-corrected chi connectivity index (χ1v) is 11.7. The Kier molecular flexibility index (Phi) is 3.80. The van der Waals surface area contributed by atoms with Crippen LogP contribution in [0.25, 0.3) is 63.9 Å². The van der Waals surface area contributed by atoms with E-state index in [9.17, 15) is 0 Å². The number of aromatic nitrogens is 2. The van der Waals surface area contributed by atoms with Crippen LogP contribution in [0.5, 0.6) is 0 Å². The molecule has 0 aliphatic heterocycles. The Bertz CT molecular complexity index is 1850. The SMILES string of the molecule is Clc1nc(-c2cccc3ccccc23)c2sc3c4ccccc4c4ccccc4c3c2n1. The summed E-state index contributed by atoms with van der Waals surface area (Å²) in [5, 5.41) is 8.71. The van der Waals surface area contributed by atoms with Gasteiger partial charge in [0.1, 0.15) is 0 Å². The smallest absolute Gasteiger partial charge is 0.216 e. The van der Waals surface area contributed by atoms with E-state index >= 15 is 0 Å². The minimum Gasteiger partial charge on any atom is -0.216 e. The molecule has 2 nitrogen and oxygen atoms in total. The van der Waals surface area contributed by atoms with Gasteiger partial charge in [0.2, 0.25) is 5.28 Å². The molecule has 7 aromatic rings. The molecule has 0 spiro atoms. The highest BCUT2D eigenvalue weighted by atomic mass is 35.5. The van der Waals surface area contributed by atoms with Gasteiger partial charge in [0.15, 0.2) is 0 Å². The van der Waals surface area contributed by atoms with E-state index in [2.05, 4.69) is 91.0 Å². The molecule has 0 aliphatic rings. The van der Waals surface area contributed by atoms with Crippen LogP contribution >= 0.6 is 22.9 Å². The lowest BCUT2D eigenvalue weighted by atomic mass is 9.98. The van der Waals surface area contributed by atoms with Gasteiger partial charge in [0.25, 0.3) is 0 Å². The van der Waals surface area contributed by atoms with Crippen LogP contribution < -0.4 is 0 Å². The van der Waals surface area contributed by atoms with Crippen LogP contribution in [0.15, 0.2) is 91.0 Å². The summed E-state index contributed by atoms with van der Waals surface area (Å²) in [5.41, 5.74) is 2.90. The molecule has 0 fully saturated rings. The number of hydrogen-bond donors (Lipinski definition) is 0. The Labute approximate surface area is 192 Å². The van der Waals surface area contributed by atoms with Gasteiger partial charge in [-0.15, -0.1) is 11.3 Å². The van der Waals surface area contributed by atoms with Gasteiger partial charge in [-0.2, -0.15) is 0 Å². The van der Waals surface area contributed by atoms with Crippen molar-refractivity contribution in [1.82, 2.24) is 9.97 Å². The maximum atomic E-state index is 6.53. The van der Waals surface area contributed by atoms with Gasteiger partial charge in [0.05, 0.1) is 15.9 Å². The first kappa shape index (κ1) is 18.1. The van der Waals surface area contributed by atoms with Gasteiger partial charge in [-0.1, -0.05) is 91.0 Å². The van der Waals surface area contributed by atoms with Crippen molar-refractivity contribution in [2.75, 3.05) is 0 Å². The van der Waals surface area contributed by atoms with E-state index in [1.807, 2.05) is 0 Å². The monoisotopic (exact) mass is 446 g/mol. The molecule has 0 N–H and O–H groups in total. The fraction of sp³-hybridized carbons (Fsp3) is 0. The predicted molar refractivity (Wildman–Crippen MR) is 138 cm³/mol. The molecule has 2 heterocycles. The lowest BCUT2D eigenvalue weighted by Crippen LogP contribution is -1.90. The third-order valence-corrected chi connectivity index (χ3v) is 7.60. The number of halogens is 1. The van der Waals surface area contributed by atoms with Crippen LogP contribution in [-0.2, 0) is 0 Å². The summed E-state index contributed by atoms with van der Waals surface area (Å²) in [6.45, 7) is 0. The second-order valence-electron chi connectivity index (χ2n) is 7.94. The molecule has 7 rings (SSSR count). The van der Waals surface area contributed by atoms with Gasteiger partial charge in [-0.05, 0) is 38.5 Å². The van der Waals surface area contributed by atoms with Crippen LogP contribution in [0.3, 0.4) is 0 Å². The van der Waals surface area contributed by atoms with Gasteiger partial charge in [-0.25, -0.2) is 9.97 Å². The third kappa shape index (κ3) is 2.46. The molecule has 0 unspecified atom stereocenters. The zero-order chi connectivity index (χ0) is 21.2. The molecule has 32 heavy (non-hydrogen) atoms. The maximum Gasteiger partial charge on any atom is 0.223 e. The van der Waals surface area contributed by atoms with E-state index in [4.69, 9.17) is 21.6 Å². The Morgan fingerprint density at radius 1 is 0.562 bits per heavy atom. The van der Waals surface area contributed by atoms with Gasteiger partial charge < -0.3 is 0 Å². The fourth-order valence-corrected chi connectivity index (χ4v) is 6.32. The van der Waals surface area contributed by atoms with Crippen molar-refractivity contribution < 1.29 is 0 Å². The summed E-state index contributed by atoms with van der Waals surface area (Å²) >= 11 is 8.30. The van der Waals surface area contributed by atoms with E-state index in [0.717, 1.165) is 26.9 Å². The quantitative estimate of drug-likeness (QED) is 0.186. The molecule has 0 bridgehead atoms. The van der Waals surface area contributed by atoms with Crippen molar-refractivity contribution in [3.8, 4) is 11.3 Å². The molecular weight excluding hydrogens is 432 g/mol. The molecule has 0 amide bonds.